The number of carboxylic acid groups (broad SMARTS) is 1. The molecule has 1 aliphatic carbocycles. The monoisotopic (exact) mass is 223 g/mol. The number of hydrogen-bond donors (Lipinski definition) is 2. The van der Waals surface area contributed by atoms with E-state index in [9.17, 15) is 4.79 Å². The molecule has 1 fully saturated rings. The Kier molecular flexibility index (Phi) is 3.01. The highest BCUT2D eigenvalue weighted by Crippen LogP contribution is 2.36. The third-order valence-corrected chi connectivity index (χ3v) is 3.14. The quantitative estimate of drug-likeness (QED) is 0.801. The second kappa shape index (κ2) is 4.29. The summed E-state index contributed by atoms with van der Waals surface area (Å²) >= 11 is 0. The van der Waals surface area contributed by atoms with E-state index in [1.54, 1.807) is 13.0 Å². The molecule has 0 bridgehead atoms. The second-order valence-electron chi connectivity index (χ2n) is 4.63. The van der Waals surface area contributed by atoms with Crippen molar-refractivity contribution in [3.63, 3.8) is 0 Å². The van der Waals surface area contributed by atoms with Crippen molar-refractivity contribution in [1.29, 1.82) is 0 Å². The van der Waals surface area contributed by atoms with E-state index in [4.69, 9.17) is 9.52 Å². The first kappa shape index (κ1) is 11.2. The molecule has 16 heavy (non-hydrogen) atoms. The summed E-state index contributed by atoms with van der Waals surface area (Å²) in [5.74, 6) is 1.37. The molecule has 88 valence electrons. The summed E-state index contributed by atoms with van der Waals surface area (Å²) in [6.07, 6.45) is 1.30. The minimum atomic E-state index is -1.00. The maximum Gasteiger partial charge on any atom is 0.372 e. The van der Waals surface area contributed by atoms with E-state index in [-0.39, 0.29) is 5.76 Å². The van der Waals surface area contributed by atoms with Gasteiger partial charge in [-0.25, -0.2) is 4.79 Å². The van der Waals surface area contributed by atoms with Gasteiger partial charge in [-0.05, 0) is 37.8 Å². The molecule has 0 radical (unpaired) electrons. The zero-order chi connectivity index (χ0) is 11.7. The number of rotatable bonds is 5. The van der Waals surface area contributed by atoms with Gasteiger partial charge in [0.1, 0.15) is 5.76 Å². The van der Waals surface area contributed by atoms with Crippen molar-refractivity contribution >= 4 is 5.97 Å². The number of hydrogen-bond acceptors (Lipinski definition) is 3. The van der Waals surface area contributed by atoms with Crippen LogP contribution in [0.5, 0.6) is 0 Å². The summed E-state index contributed by atoms with van der Waals surface area (Å²) in [5.41, 5.74) is 0.684. The highest BCUT2D eigenvalue weighted by atomic mass is 16.4. The molecule has 4 nitrogen and oxygen atoms in total. The highest BCUT2D eigenvalue weighted by Gasteiger charge is 2.31. The summed E-state index contributed by atoms with van der Waals surface area (Å²) < 4.78 is 5.24. The summed E-state index contributed by atoms with van der Waals surface area (Å²) in [5, 5.41) is 12.1. The van der Waals surface area contributed by atoms with Crippen molar-refractivity contribution in [2.24, 2.45) is 11.8 Å². The Morgan fingerprint density at radius 1 is 1.69 bits per heavy atom. The molecule has 1 aromatic heterocycles. The second-order valence-corrected chi connectivity index (χ2v) is 4.63. The van der Waals surface area contributed by atoms with Gasteiger partial charge in [0.15, 0.2) is 0 Å². The molecule has 1 heterocycles. The lowest BCUT2D eigenvalue weighted by Crippen LogP contribution is -2.16. The summed E-state index contributed by atoms with van der Waals surface area (Å²) in [4.78, 5) is 10.8. The normalized spacial score (nSPS) is 23.4. The average Bonchev–Trinajstić information content (AvgIpc) is 2.74. The first-order valence-corrected chi connectivity index (χ1v) is 5.61. The van der Waals surface area contributed by atoms with Gasteiger partial charge in [0.2, 0.25) is 5.76 Å². The van der Waals surface area contributed by atoms with Crippen LogP contribution in [0.3, 0.4) is 0 Å². The van der Waals surface area contributed by atoms with E-state index in [0.29, 0.717) is 17.9 Å². The minimum absolute atomic E-state index is 0.0524. The van der Waals surface area contributed by atoms with Gasteiger partial charge in [0.05, 0.1) is 6.54 Å². The molecule has 2 atom stereocenters. The fourth-order valence-corrected chi connectivity index (χ4v) is 1.91. The van der Waals surface area contributed by atoms with Crippen molar-refractivity contribution in [2.45, 2.75) is 26.8 Å². The maximum absolute atomic E-state index is 10.8. The zero-order valence-electron chi connectivity index (χ0n) is 9.62. The number of carboxylic acids is 1. The van der Waals surface area contributed by atoms with Gasteiger partial charge in [-0.2, -0.15) is 0 Å². The Morgan fingerprint density at radius 2 is 2.38 bits per heavy atom. The van der Waals surface area contributed by atoms with E-state index in [1.165, 1.54) is 6.42 Å². The van der Waals surface area contributed by atoms with E-state index in [2.05, 4.69) is 12.2 Å². The smallest absolute Gasteiger partial charge is 0.372 e. The van der Waals surface area contributed by atoms with Crippen molar-refractivity contribution in [1.82, 2.24) is 5.32 Å². The molecule has 2 unspecified atom stereocenters. The predicted octanol–water partition coefficient (Wildman–Crippen LogP) is 2.03. The van der Waals surface area contributed by atoms with Crippen LogP contribution in [-0.4, -0.2) is 17.6 Å². The van der Waals surface area contributed by atoms with Crippen LogP contribution in [-0.2, 0) is 6.54 Å². The maximum atomic E-state index is 10.8. The molecule has 0 aromatic carbocycles. The van der Waals surface area contributed by atoms with Gasteiger partial charge in [0.25, 0.3) is 0 Å². The molecule has 0 saturated heterocycles. The molecule has 2 rings (SSSR count). The van der Waals surface area contributed by atoms with Crippen molar-refractivity contribution < 1.29 is 14.3 Å². The van der Waals surface area contributed by atoms with Crippen LogP contribution in [0, 0.1) is 18.8 Å². The van der Waals surface area contributed by atoms with Gasteiger partial charge in [0, 0.05) is 5.56 Å². The van der Waals surface area contributed by atoms with Crippen molar-refractivity contribution in [3.05, 3.63) is 23.2 Å². The molecule has 1 saturated carbocycles. The minimum Gasteiger partial charge on any atom is -0.475 e. The molecule has 0 amide bonds. The number of carbonyl (C=O) groups is 1. The largest absolute Gasteiger partial charge is 0.475 e. The van der Waals surface area contributed by atoms with E-state index < -0.39 is 5.97 Å². The zero-order valence-corrected chi connectivity index (χ0v) is 9.62. The van der Waals surface area contributed by atoms with Crippen LogP contribution < -0.4 is 5.32 Å². The van der Waals surface area contributed by atoms with Crippen LogP contribution in [0.2, 0.25) is 0 Å². The SMILES string of the molecule is Cc1cc(CNCC2CC2C)oc1C(=O)O. The Hall–Kier alpha value is -1.29. The number of aromatic carboxylic acids is 1. The first-order chi connectivity index (χ1) is 7.58. The lowest BCUT2D eigenvalue weighted by atomic mass is 10.2. The van der Waals surface area contributed by atoms with Gasteiger partial charge in [-0.1, -0.05) is 6.92 Å². The standard InChI is InChI=1S/C12H17NO3/c1-7-3-9(7)5-13-6-10-4-8(2)11(16-10)12(14)15/h4,7,9,13H,3,5-6H2,1-2H3,(H,14,15). The Bertz CT molecular complexity index is 397. The van der Waals surface area contributed by atoms with Crippen LogP contribution >= 0.6 is 0 Å². The topological polar surface area (TPSA) is 62.5 Å². The number of nitrogens with one attached hydrogen (secondary N) is 1. The van der Waals surface area contributed by atoms with Crippen LogP contribution in [0.15, 0.2) is 10.5 Å². The molecule has 0 spiro atoms. The average molecular weight is 223 g/mol. The van der Waals surface area contributed by atoms with E-state index >= 15 is 0 Å². The van der Waals surface area contributed by atoms with Gasteiger partial charge < -0.3 is 14.8 Å². The summed E-state index contributed by atoms with van der Waals surface area (Å²) in [6.45, 7) is 5.59. The molecule has 4 heteroatoms. The molecule has 0 aliphatic heterocycles. The lowest BCUT2D eigenvalue weighted by molar-refractivity contribution is 0.0659. The summed E-state index contributed by atoms with van der Waals surface area (Å²) in [6, 6.07) is 1.78. The molecule has 2 N–H and O–H groups in total. The first-order valence-electron chi connectivity index (χ1n) is 5.61. The number of furan rings is 1. The van der Waals surface area contributed by atoms with Gasteiger partial charge in [-0.15, -0.1) is 0 Å². The molecular weight excluding hydrogens is 206 g/mol. The number of aryl methyl sites for hydroxylation is 1. The fourth-order valence-electron chi connectivity index (χ4n) is 1.91. The summed E-state index contributed by atoms with van der Waals surface area (Å²) in [7, 11) is 0. The van der Waals surface area contributed by atoms with Gasteiger partial charge >= 0.3 is 5.97 Å². The Balaban J connectivity index is 1.84. The van der Waals surface area contributed by atoms with Crippen LogP contribution in [0.25, 0.3) is 0 Å². The third-order valence-electron chi connectivity index (χ3n) is 3.14. The van der Waals surface area contributed by atoms with Gasteiger partial charge in [-0.3, -0.25) is 0 Å². The highest BCUT2D eigenvalue weighted by molar-refractivity contribution is 5.86. The molecular formula is C12H17NO3. The Morgan fingerprint density at radius 3 is 2.88 bits per heavy atom. The van der Waals surface area contributed by atoms with E-state index in [1.807, 2.05) is 0 Å². The van der Waals surface area contributed by atoms with Crippen LogP contribution in [0.4, 0.5) is 0 Å². The fraction of sp³-hybridized carbons (Fsp3) is 0.583. The van der Waals surface area contributed by atoms with Crippen molar-refractivity contribution in [2.75, 3.05) is 6.54 Å². The lowest BCUT2D eigenvalue weighted by Gasteiger charge is -2.00. The molecule has 1 aromatic rings. The third kappa shape index (κ3) is 2.44. The van der Waals surface area contributed by atoms with Crippen molar-refractivity contribution in [3.8, 4) is 0 Å². The predicted molar refractivity (Wildman–Crippen MR) is 59.4 cm³/mol. The Labute approximate surface area is 94.6 Å². The van der Waals surface area contributed by atoms with Crippen LogP contribution in [0.1, 0.15) is 35.2 Å². The molecule has 1 aliphatic rings. The van der Waals surface area contributed by atoms with E-state index in [0.717, 1.165) is 18.4 Å².